The van der Waals surface area contributed by atoms with Gasteiger partial charge in [-0.2, -0.15) is 0 Å². The van der Waals surface area contributed by atoms with Crippen molar-refractivity contribution < 1.29 is 9.47 Å². The topological polar surface area (TPSA) is 43.4 Å². The number of hydrogen-bond acceptors (Lipinski definition) is 4. The maximum Gasteiger partial charge on any atom is 0.0889 e. The van der Waals surface area contributed by atoms with Gasteiger partial charge < -0.3 is 14.8 Å². The van der Waals surface area contributed by atoms with Gasteiger partial charge in [0.2, 0.25) is 0 Å². The van der Waals surface area contributed by atoms with Crippen LogP contribution < -0.4 is 5.32 Å². The van der Waals surface area contributed by atoms with Crippen LogP contribution >= 0.6 is 0 Å². The van der Waals surface area contributed by atoms with E-state index in [1.54, 1.807) is 0 Å². The lowest BCUT2D eigenvalue weighted by Crippen LogP contribution is -2.14. The van der Waals surface area contributed by atoms with Crippen molar-refractivity contribution in [1.82, 2.24) is 10.3 Å². The summed E-state index contributed by atoms with van der Waals surface area (Å²) in [5.41, 5.74) is 2.18. The molecule has 0 atom stereocenters. The molecule has 19 heavy (non-hydrogen) atoms. The molecule has 0 unspecified atom stereocenters. The van der Waals surface area contributed by atoms with E-state index in [1.807, 2.05) is 12.3 Å². The number of hydrogen-bond donors (Lipinski definition) is 1. The number of ether oxygens (including phenoxy) is 2. The molecule has 0 aromatic carbocycles. The Hall–Kier alpha value is -0.970. The van der Waals surface area contributed by atoms with Crippen molar-refractivity contribution in [2.45, 2.75) is 39.8 Å². The van der Waals surface area contributed by atoms with E-state index in [0.717, 1.165) is 38.2 Å². The minimum absolute atomic E-state index is 0.554. The van der Waals surface area contributed by atoms with Crippen LogP contribution in [-0.4, -0.2) is 31.3 Å². The van der Waals surface area contributed by atoms with Gasteiger partial charge in [-0.25, -0.2) is 0 Å². The van der Waals surface area contributed by atoms with Crippen LogP contribution in [-0.2, 0) is 22.6 Å². The summed E-state index contributed by atoms with van der Waals surface area (Å²) in [5, 5.41) is 3.35. The zero-order chi connectivity index (χ0) is 13.8. The highest BCUT2D eigenvalue weighted by atomic mass is 16.5. The second-order valence-electron chi connectivity index (χ2n) is 4.50. The van der Waals surface area contributed by atoms with Crippen LogP contribution in [0.2, 0.25) is 0 Å². The summed E-state index contributed by atoms with van der Waals surface area (Å²) in [6.07, 6.45) is 4.11. The fourth-order valence-corrected chi connectivity index (χ4v) is 1.60. The highest BCUT2D eigenvalue weighted by Crippen LogP contribution is 2.01. The van der Waals surface area contributed by atoms with Gasteiger partial charge >= 0.3 is 0 Å². The smallest absolute Gasteiger partial charge is 0.0889 e. The third-order valence-corrected chi connectivity index (χ3v) is 2.61. The predicted molar refractivity (Wildman–Crippen MR) is 77.0 cm³/mol. The first-order valence-corrected chi connectivity index (χ1v) is 7.16. The molecule has 1 N–H and O–H groups in total. The Kier molecular flexibility index (Phi) is 9.23. The SMILES string of the molecule is CCCNCc1ccc(COCCOCCC)nc1. The molecule has 0 radical (unpaired) electrons. The summed E-state index contributed by atoms with van der Waals surface area (Å²) in [5.74, 6) is 0. The van der Waals surface area contributed by atoms with Crippen molar-refractivity contribution in [1.29, 1.82) is 0 Å². The minimum atomic E-state index is 0.554. The highest BCUT2D eigenvalue weighted by molar-refractivity contribution is 5.13. The Morgan fingerprint density at radius 1 is 1.05 bits per heavy atom. The molecule has 1 rings (SSSR count). The fourth-order valence-electron chi connectivity index (χ4n) is 1.60. The van der Waals surface area contributed by atoms with Crippen molar-refractivity contribution in [2.24, 2.45) is 0 Å². The van der Waals surface area contributed by atoms with Crippen LogP contribution in [0.3, 0.4) is 0 Å². The molecule has 108 valence electrons. The lowest BCUT2D eigenvalue weighted by atomic mass is 10.2. The molecule has 1 heterocycles. The summed E-state index contributed by atoms with van der Waals surface area (Å²) in [6, 6.07) is 4.12. The second-order valence-corrected chi connectivity index (χ2v) is 4.50. The molecule has 4 nitrogen and oxygen atoms in total. The van der Waals surface area contributed by atoms with Gasteiger partial charge in [0, 0.05) is 19.3 Å². The van der Waals surface area contributed by atoms with Gasteiger partial charge in [-0.3, -0.25) is 4.98 Å². The van der Waals surface area contributed by atoms with Gasteiger partial charge in [-0.15, -0.1) is 0 Å². The average Bonchev–Trinajstić information content (AvgIpc) is 2.44. The molecular formula is C15H26N2O2. The maximum atomic E-state index is 5.50. The van der Waals surface area contributed by atoms with Crippen molar-refractivity contribution in [3.63, 3.8) is 0 Å². The molecule has 0 aliphatic carbocycles. The van der Waals surface area contributed by atoms with E-state index in [9.17, 15) is 0 Å². The summed E-state index contributed by atoms with van der Waals surface area (Å²) in [7, 11) is 0. The van der Waals surface area contributed by atoms with E-state index in [2.05, 4.69) is 30.2 Å². The molecule has 0 spiro atoms. The van der Waals surface area contributed by atoms with Gasteiger partial charge in [0.1, 0.15) is 0 Å². The third kappa shape index (κ3) is 7.93. The van der Waals surface area contributed by atoms with E-state index in [4.69, 9.17) is 9.47 Å². The van der Waals surface area contributed by atoms with E-state index >= 15 is 0 Å². The van der Waals surface area contributed by atoms with E-state index in [0.29, 0.717) is 19.8 Å². The van der Waals surface area contributed by atoms with Crippen LogP contribution in [0.4, 0.5) is 0 Å². The number of nitrogens with zero attached hydrogens (tertiary/aromatic N) is 1. The Balaban J connectivity index is 2.13. The van der Waals surface area contributed by atoms with Crippen LogP contribution in [0.1, 0.15) is 37.9 Å². The molecule has 0 bridgehead atoms. The summed E-state index contributed by atoms with van der Waals surface area (Å²) in [6.45, 7) is 8.83. The van der Waals surface area contributed by atoms with Gasteiger partial charge in [0.15, 0.2) is 0 Å². The quantitative estimate of drug-likeness (QED) is 0.625. The van der Waals surface area contributed by atoms with E-state index in [-0.39, 0.29) is 0 Å². The van der Waals surface area contributed by atoms with Crippen LogP contribution in [0, 0.1) is 0 Å². The lowest BCUT2D eigenvalue weighted by molar-refractivity contribution is 0.0397. The highest BCUT2D eigenvalue weighted by Gasteiger charge is 1.97. The van der Waals surface area contributed by atoms with Gasteiger partial charge in [0.05, 0.1) is 25.5 Å². The lowest BCUT2D eigenvalue weighted by Gasteiger charge is -2.06. The Labute approximate surface area is 116 Å². The Morgan fingerprint density at radius 3 is 2.58 bits per heavy atom. The van der Waals surface area contributed by atoms with Crippen molar-refractivity contribution in [3.8, 4) is 0 Å². The number of nitrogens with one attached hydrogen (secondary N) is 1. The molecule has 0 saturated carbocycles. The summed E-state index contributed by atoms with van der Waals surface area (Å²) < 4.78 is 10.8. The first kappa shape index (κ1) is 16.1. The summed E-state index contributed by atoms with van der Waals surface area (Å²) in [4.78, 5) is 4.39. The minimum Gasteiger partial charge on any atom is -0.379 e. The van der Waals surface area contributed by atoms with Crippen LogP contribution in [0.5, 0.6) is 0 Å². The van der Waals surface area contributed by atoms with E-state index < -0.39 is 0 Å². The molecular weight excluding hydrogens is 240 g/mol. The zero-order valence-electron chi connectivity index (χ0n) is 12.2. The third-order valence-electron chi connectivity index (χ3n) is 2.61. The number of aromatic nitrogens is 1. The van der Waals surface area contributed by atoms with Crippen LogP contribution in [0.15, 0.2) is 18.3 Å². The number of pyridine rings is 1. The molecule has 0 fully saturated rings. The van der Waals surface area contributed by atoms with Crippen molar-refractivity contribution >= 4 is 0 Å². The first-order valence-electron chi connectivity index (χ1n) is 7.16. The average molecular weight is 266 g/mol. The van der Waals surface area contributed by atoms with Crippen molar-refractivity contribution in [2.75, 3.05) is 26.4 Å². The predicted octanol–water partition coefficient (Wildman–Crippen LogP) is 2.52. The van der Waals surface area contributed by atoms with Gasteiger partial charge in [0.25, 0.3) is 0 Å². The molecule has 0 aliphatic rings. The zero-order valence-corrected chi connectivity index (χ0v) is 12.2. The monoisotopic (exact) mass is 266 g/mol. The van der Waals surface area contributed by atoms with Gasteiger partial charge in [-0.1, -0.05) is 19.9 Å². The molecule has 1 aromatic rings. The van der Waals surface area contributed by atoms with Crippen LogP contribution in [0.25, 0.3) is 0 Å². The Bertz CT molecular complexity index is 314. The fraction of sp³-hybridized carbons (Fsp3) is 0.667. The molecule has 0 aliphatic heterocycles. The van der Waals surface area contributed by atoms with Gasteiger partial charge in [-0.05, 0) is 31.0 Å². The molecule has 1 aromatic heterocycles. The Morgan fingerprint density at radius 2 is 1.89 bits per heavy atom. The second kappa shape index (κ2) is 10.9. The van der Waals surface area contributed by atoms with E-state index in [1.165, 1.54) is 5.56 Å². The van der Waals surface area contributed by atoms with Crippen molar-refractivity contribution in [3.05, 3.63) is 29.6 Å². The number of rotatable bonds is 11. The molecule has 4 heteroatoms. The largest absolute Gasteiger partial charge is 0.379 e. The summed E-state index contributed by atoms with van der Waals surface area (Å²) >= 11 is 0. The molecule has 0 amide bonds. The normalized spacial score (nSPS) is 10.8. The maximum absolute atomic E-state index is 5.50. The molecule has 0 saturated heterocycles. The standard InChI is InChI=1S/C15H26N2O2/c1-3-7-16-11-14-5-6-15(17-12-14)13-19-10-9-18-8-4-2/h5-6,12,16H,3-4,7-11,13H2,1-2H3. The first-order chi connectivity index (χ1) is 9.36.